The van der Waals surface area contributed by atoms with Gasteiger partial charge >= 0.3 is 0 Å². The molecule has 0 bridgehead atoms. The van der Waals surface area contributed by atoms with Gasteiger partial charge in [0, 0.05) is 31.7 Å². The minimum atomic E-state index is -0.804. The lowest BCUT2D eigenvalue weighted by Crippen LogP contribution is -2.42. The summed E-state index contributed by atoms with van der Waals surface area (Å²) in [5.74, 6) is -1.37. The number of ketones is 1. The number of hydrogen-bond donors (Lipinski definition) is 2. The number of amides is 1. The number of morpholine rings is 1. The van der Waals surface area contributed by atoms with E-state index in [0.717, 1.165) is 18.7 Å². The summed E-state index contributed by atoms with van der Waals surface area (Å²) >= 11 is 0. The molecule has 180 valence electrons. The molecule has 2 heterocycles. The maximum absolute atomic E-state index is 13.2. The third kappa shape index (κ3) is 4.78. The number of benzene rings is 2. The Balaban J connectivity index is 1.76. The van der Waals surface area contributed by atoms with Gasteiger partial charge in [-0.2, -0.15) is 0 Å². The molecule has 8 heteroatoms. The fraction of sp³-hybridized carbons (Fsp3) is 0.385. The van der Waals surface area contributed by atoms with Crippen molar-refractivity contribution in [1.29, 1.82) is 0 Å². The second-order valence-corrected chi connectivity index (χ2v) is 8.47. The standard InChI is InChI=1S/C26H30N2O6/c1-3-34-21-16-19(8-9-20(21)29)23-22(24(30)18-6-4-17(2)5-7-18)25(31)26(32)28(23)11-10-27-12-14-33-15-13-27/h4-9,16,23,29-30H,3,10-15H2,1-2H3/t23-/m0/s1. The van der Waals surface area contributed by atoms with Crippen molar-refractivity contribution in [2.45, 2.75) is 19.9 Å². The van der Waals surface area contributed by atoms with E-state index < -0.39 is 17.7 Å². The summed E-state index contributed by atoms with van der Waals surface area (Å²) in [5, 5.41) is 21.3. The van der Waals surface area contributed by atoms with E-state index in [-0.39, 0.29) is 22.8 Å². The molecule has 2 aromatic rings. The van der Waals surface area contributed by atoms with E-state index in [1.807, 2.05) is 19.1 Å². The van der Waals surface area contributed by atoms with Crippen molar-refractivity contribution >= 4 is 17.4 Å². The minimum absolute atomic E-state index is 0.0315. The first-order chi connectivity index (χ1) is 16.4. The molecule has 2 saturated heterocycles. The Morgan fingerprint density at radius 2 is 1.79 bits per heavy atom. The molecule has 2 fully saturated rings. The molecule has 0 radical (unpaired) electrons. The van der Waals surface area contributed by atoms with E-state index in [4.69, 9.17) is 9.47 Å². The van der Waals surface area contributed by atoms with Crippen LogP contribution in [0.2, 0.25) is 0 Å². The molecule has 0 saturated carbocycles. The number of aromatic hydroxyl groups is 1. The maximum atomic E-state index is 13.2. The zero-order valence-corrected chi connectivity index (χ0v) is 19.5. The van der Waals surface area contributed by atoms with E-state index in [1.54, 1.807) is 31.2 Å². The number of Topliss-reactive ketones (excluding diaryl/α,β-unsaturated/α-hetero) is 1. The summed E-state index contributed by atoms with van der Waals surface area (Å²) in [4.78, 5) is 30.0. The number of aliphatic hydroxyl groups is 1. The summed E-state index contributed by atoms with van der Waals surface area (Å²) in [6, 6.07) is 11.1. The monoisotopic (exact) mass is 466 g/mol. The predicted octanol–water partition coefficient (Wildman–Crippen LogP) is 2.85. The van der Waals surface area contributed by atoms with E-state index in [2.05, 4.69) is 4.90 Å². The molecule has 2 aliphatic heterocycles. The van der Waals surface area contributed by atoms with Crippen molar-refractivity contribution in [3.05, 3.63) is 64.7 Å². The first-order valence-corrected chi connectivity index (χ1v) is 11.5. The van der Waals surface area contributed by atoms with Crippen LogP contribution >= 0.6 is 0 Å². The lowest BCUT2D eigenvalue weighted by atomic mass is 9.94. The number of likely N-dealkylation sites (tertiary alicyclic amines) is 1. The number of hydrogen-bond acceptors (Lipinski definition) is 7. The van der Waals surface area contributed by atoms with Crippen molar-refractivity contribution in [2.75, 3.05) is 46.0 Å². The lowest BCUT2D eigenvalue weighted by molar-refractivity contribution is -0.140. The molecular formula is C26H30N2O6. The van der Waals surface area contributed by atoms with Gasteiger partial charge in [-0.1, -0.05) is 35.9 Å². The van der Waals surface area contributed by atoms with Crippen molar-refractivity contribution in [1.82, 2.24) is 9.80 Å². The van der Waals surface area contributed by atoms with Gasteiger partial charge in [0.1, 0.15) is 5.76 Å². The Morgan fingerprint density at radius 1 is 1.09 bits per heavy atom. The molecule has 0 aromatic heterocycles. The zero-order valence-electron chi connectivity index (χ0n) is 19.5. The molecule has 1 amide bonds. The van der Waals surface area contributed by atoms with E-state index in [0.29, 0.717) is 44.0 Å². The number of aliphatic hydroxyl groups excluding tert-OH is 1. The van der Waals surface area contributed by atoms with Crippen LogP contribution in [0.3, 0.4) is 0 Å². The molecule has 0 unspecified atom stereocenters. The molecule has 1 atom stereocenters. The number of aryl methyl sites for hydroxylation is 1. The highest BCUT2D eigenvalue weighted by Crippen LogP contribution is 2.41. The van der Waals surface area contributed by atoms with Crippen molar-refractivity contribution in [2.24, 2.45) is 0 Å². The first-order valence-electron chi connectivity index (χ1n) is 11.5. The van der Waals surface area contributed by atoms with Gasteiger partial charge in [-0.25, -0.2) is 0 Å². The van der Waals surface area contributed by atoms with Crippen LogP contribution in [0.15, 0.2) is 48.0 Å². The fourth-order valence-electron chi connectivity index (χ4n) is 4.37. The fourth-order valence-corrected chi connectivity index (χ4v) is 4.37. The van der Waals surface area contributed by atoms with Gasteiger partial charge < -0.3 is 24.6 Å². The van der Waals surface area contributed by atoms with Gasteiger partial charge in [0.15, 0.2) is 11.5 Å². The molecule has 34 heavy (non-hydrogen) atoms. The molecule has 2 aromatic carbocycles. The van der Waals surface area contributed by atoms with Gasteiger partial charge in [-0.3, -0.25) is 14.5 Å². The Hall–Kier alpha value is -3.36. The third-order valence-corrected chi connectivity index (χ3v) is 6.23. The van der Waals surface area contributed by atoms with Crippen LogP contribution in [-0.2, 0) is 14.3 Å². The number of carbonyl (C=O) groups excluding carboxylic acids is 2. The van der Waals surface area contributed by atoms with Crippen LogP contribution in [0.4, 0.5) is 0 Å². The van der Waals surface area contributed by atoms with Crippen molar-refractivity contribution < 1.29 is 29.3 Å². The molecular weight excluding hydrogens is 436 g/mol. The topological polar surface area (TPSA) is 99.5 Å². The van der Waals surface area contributed by atoms with Gasteiger partial charge in [0.2, 0.25) is 0 Å². The molecule has 2 N–H and O–H groups in total. The maximum Gasteiger partial charge on any atom is 0.295 e. The molecule has 4 rings (SSSR count). The normalized spacial score (nSPS) is 20.6. The number of carbonyl (C=O) groups is 2. The number of phenols is 1. The number of ether oxygens (including phenoxy) is 2. The highest BCUT2D eigenvalue weighted by molar-refractivity contribution is 6.46. The van der Waals surface area contributed by atoms with Crippen LogP contribution in [0.5, 0.6) is 11.5 Å². The molecule has 8 nitrogen and oxygen atoms in total. The average molecular weight is 467 g/mol. The van der Waals surface area contributed by atoms with Gasteiger partial charge in [0.05, 0.1) is 31.4 Å². The SMILES string of the molecule is CCOc1cc([C@H]2C(=C(O)c3ccc(C)cc3)C(=O)C(=O)N2CCN2CCOCC2)ccc1O. The zero-order chi connectivity index (χ0) is 24.2. The predicted molar refractivity (Wildman–Crippen MR) is 127 cm³/mol. The number of phenolic OH excluding ortho intramolecular Hbond substituents is 1. The van der Waals surface area contributed by atoms with Crippen molar-refractivity contribution in [3.63, 3.8) is 0 Å². The van der Waals surface area contributed by atoms with Gasteiger partial charge in [-0.15, -0.1) is 0 Å². The smallest absolute Gasteiger partial charge is 0.295 e. The molecule has 2 aliphatic rings. The Kier molecular flexibility index (Phi) is 7.19. The van der Waals surface area contributed by atoms with E-state index >= 15 is 0 Å². The van der Waals surface area contributed by atoms with Gasteiger partial charge in [0.25, 0.3) is 11.7 Å². The summed E-state index contributed by atoms with van der Waals surface area (Å²) in [6.45, 7) is 7.74. The Morgan fingerprint density at radius 3 is 2.47 bits per heavy atom. The number of rotatable bonds is 7. The molecule has 0 aliphatic carbocycles. The second-order valence-electron chi connectivity index (χ2n) is 8.47. The summed E-state index contributed by atoms with van der Waals surface area (Å²) in [5.41, 5.74) is 2.09. The first kappa shape index (κ1) is 23.8. The third-order valence-electron chi connectivity index (χ3n) is 6.23. The average Bonchev–Trinajstić information content (AvgIpc) is 3.10. The van der Waals surface area contributed by atoms with Crippen LogP contribution in [0.25, 0.3) is 5.76 Å². The summed E-state index contributed by atoms with van der Waals surface area (Å²) in [6.07, 6.45) is 0. The second kappa shape index (κ2) is 10.3. The minimum Gasteiger partial charge on any atom is -0.507 e. The summed E-state index contributed by atoms with van der Waals surface area (Å²) < 4.78 is 10.9. The Bertz CT molecular complexity index is 1090. The quantitative estimate of drug-likeness (QED) is 0.368. The van der Waals surface area contributed by atoms with E-state index in [9.17, 15) is 19.8 Å². The Labute approximate surface area is 199 Å². The van der Waals surface area contributed by atoms with Crippen LogP contribution in [0.1, 0.15) is 29.7 Å². The lowest BCUT2D eigenvalue weighted by Gasteiger charge is -2.31. The van der Waals surface area contributed by atoms with Crippen LogP contribution in [0, 0.1) is 6.92 Å². The highest BCUT2D eigenvalue weighted by atomic mass is 16.5. The van der Waals surface area contributed by atoms with Gasteiger partial charge in [-0.05, 0) is 31.5 Å². The summed E-state index contributed by atoms with van der Waals surface area (Å²) in [7, 11) is 0. The highest BCUT2D eigenvalue weighted by Gasteiger charge is 2.46. The van der Waals surface area contributed by atoms with Crippen LogP contribution in [-0.4, -0.2) is 77.7 Å². The van der Waals surface area contributed by atoms with E-state index in [1.165, 1.54) is 11.0 Å². The molecule has 0 spiro atoms. The largest absolute Gasteiger partial charge is 0.507 e. The van der Waals surface area contributed by atoms with Crippen molar-refractivity contribution in [3.8, 4) is 11.5 Å². The number of nitrogens with zero attached hydrogens (tertiary/aromatic N) is 2. The van der Waals surface area contributed by atoms with Crippen LogP contribution < -0.4 is 4.74 Å².